The monoisotopic (exact) mass is 209 g/mol. The highest BCUT2D eigenvalue weighted by atomic mass is 32.2. The third kappa shape index (κ3) is 2.34. The summed E-state index contributed by atoms with van der Waals surface area (Å²) in [6.45, 7) is 3.15. The van der Waals surface area contributed by atoms with Crippen molar-refractivity contribution in [3.8, 4) is 0 Å². The van der Waals surface area contributed by atoms with Crippen molar-refractivity contribution in [2.75, 3.05) is 0 Å². The van der Waals surface area contributed by atoms with Gasteiger partial charge in [-0.15, -0.1) is 0 Å². The predicted molar refractivity (Wildman–Crippen MR) is 49.6 cm³/mol. The molecule has 72 valence electrons. The van der Waals surface area contributed by atoms with Crippen LogP contribution in [0.2, 0.25) is 0 Å². The lowest BCUT2D eigenvalue weighted by Gasteiger charge is -2.02. The molecule has 1 N–H and O–H groups in total. The molecule has 1 aromatic rings. The smallest absolute Gasteiger partial charge is 0.264 e. The van der Waals surface area contributed by atoms with Crippen molar-refractivity contribution < 1.29 is 13.2 Å². The summed E-state index contributed by atoms with van der Waals surface area (Å²) in [6, 6.07) is 8.96. The first-order chi connectivity index (χ1) is 6.56. The zero-order valence-corrected chi connectivity index (χ0v) is 7.97. The molecule has 0 radical (unpaired) electrons. The van der Waals surface area contributed by atoms with Crippen molar-refractivity contribution in [2.45, 2.75) is 4.90 Å². The number of amides is 1. The van der Waals surface area contributed by atoms with Gasteiger partial charge in [0.1, 0.15) is 0 Å². The quantitative estimate of drug-likeness (QED) is 0.727. The first-order valence-electron chi connectivity index (χ1n) is 3.63. The van der Waals surface area contributed by atoms with Gasteiger partial charge < -0.3 is 0 Å². The minimum absolute atomic E-state index is 0.0357. The predicted octanol–water partition coefficient (Wildman–Crippen LogP) is 0.278. The number of sulfonamides is 1. The highest BCUT2D eigenvalue weighted by Gasteiger charge is 2.14. The van der Waals surface area contributed by atoms with E-state index < -0.39 is 15.9 Å². The van der Waals surface area contributed by atoms with Crippen molar-refractivity contribution in [3.63, 3.8) is 0 Å². The van der Waals surface area contributed by atoms with E-state index in [0.717, 1.165) is 6.08 Å². The Morgan fingerprint density at radius 3 is 2.71 bits per heavy atom. The summed E-state index contributed by atoms with van der Waals surface area (Å²) in [5.41, 5.74) is 0. The molecule has 4 nitrogen and oxygen atoms in total. The van der Waals surface area contributed by atoms with Crippen LogP contribution < -0.4 is 4.72 Å². The second kappa shape index (κ2) is 3.94. The van der Waals surface area contributed by atoms with Crippen LogP contribution in [0.1, 0.15) is 0 Å². The van der Waals surface area contributed by atoms with Gasteiger partial charge in [-0.2, -0.15) is 0 Å². The van der Waals surface area contributed by atoms with Gasteiger partial charge in [-0.05, 0) is 18.2 Å². The third-order valence-corrected chi connectivity index (χ3v) is 2.70. The molecule has 14 heavy (non-hydrogen) atoms. The Bertz CT molecular complexity index is 436. The van der Waals surface area contributed by atoms with E-state index in [4.69, 9.17) is 0 Å². The lowest BCUT2D eigenvalue weighted by molar-refractivity contribution is -0.114. The maximum absolute atomic E-state index is 11.4. The zero-order valence-electron chi connectivity index (χ0n) is 7.15. The molecule has 1 amide bonds. The van der Waals surface area contributed by atoms with Crippen LogP contribution in [0.5, 0.6) is 0 Å². The van der Waals surface area contributed by atoms with Gasteiger partial charge in [-0.3, -0.25) is 4.79 Å². The lowest BCUT2D eigenvalue weighted by Crippen LogP contribution is -2.28. The molecule has 0 bridgehead atoms. The molecule has 0 atom stereocenters. The summed E-state index contributed by atoms with van der Waals surface area (Å²) < 4.78 is 24.6. The Labute approximate surface area is 82.3 Å². The highest BCUT2D eigenvalue weighted by molar-refractivity contribution is 7.90. The summed E-state index contributed by atoms with van der Waals surface area (Å²) in [4.78, 5) is 10.7. The summed E-state index contributed by atoms with van der Waals surface area (Å²) in [6.07, 6.45) is 0.885. The van der Waals surface area contributed by atoms with Crippen LogP contribution >= 0.6 is 0 Å². The van der Waals surface area contributed by atoms with E-state index in [-0.39, 0.29) is 4.90 Å². The van der Waals surface area contributed by atoms with Crippen LogP contribution in [0.15, 0.2) is 35.7 Å². The minimum atomic E-state index is -3.79. The fourth-order valence-corrected chi connectivity index (χ4v) is 1.66. The molecular formula is C9H7NO3S. The lowest BCUT2D eigenvalue weighted by atomic mass is 10.4. The van der Waals surface area contributed by atoms with Gasteiger partial charge in [0.15, 0.2) is 0 Å². The molecule has 0 saturated carbocycles. The number of hydrogen-bond donors (Lipinski definition) is 1. The van der Waals surface area contributed by atoms with Crippen molar-refractivity contribution in [1.29, 1.82) is 0 Å². The zero-order chi connectivity index (χ0) is 10.6. The van der Waals surface area contributed by atoms with E-state index in [9.17, 15) is 13.2 Å². The maximum Gasteiger partial charge on any atom is 0.264 e. The van der Waals surface area contributed by atoms with Crippen molar-refractivity contribution >= 4 is 15.9 Å². The number of rotatable bonds is 3. The van der Waals surface area contributed by atoms with Crippen LogP contribution in [0.4, 0.5) is 0 Å². The van der Waals surface area contributed by atoms with Crippen LogP contribution in [0.25, 0.3) is 0 Å². The van der Waals surface area contributed by atoms with Crippen molar-refractivity contribution in [1.82, 2.24) is 4.72 Å². The number of carbonyl (C=O) groups is 1. The van der Waals surface area contributed by atoms with Crippen LogP contribution in [-0.4, -0.2) is 14.3 Å². The first kappa shape index (κ1) is 10.3. The molecule has 0 aliphatic carbocycles. The normalized spacial score (nSPS) is 10.0. The second-order valence-corrected chi connectivity index (χ2v) is 4.02. The Balaban J connectivity index is 2.98. The van der Waals surface area contributed by atoms with E-state index in [1.165, 1.54) is 18.2 Å². The number of carbonyl (C=O) groups excluding carboxylic acids is 1. The van der Waals surface area contributed by atoms with E-state index in [1.54, 1.807) is 4.72 Å². The second-order valence-electron chi connectivity index (χ2n) is 2.34. The molecule has 1 aromatic carbocycles. The van der Waals surface area contributed by atoms with E-state index >= 15 is 0 Å². The summed E-state index contributed by atoms with van der Waals surface area (Å²) in [5.74, 6) is -0.766. The maximum atomic E-state index is 11.4. The molecule has 5 heteroatoms. The van der Waals surface area contributed by atoms with Crippen LogP contribution in [0, 0.1) is 12.1 Å². The molecule has 0 unspecified atom stereocenters. The Hall–Kier alpha value is -1.80. The van der Waals surface area contributed by atoms with Gasteiger partial charge >= 0.3 is 0 Å². The average molecular weight is 209 g/mol. The van der Waals surface area contributed by atoms with Gasteiger partial charge in [0.25, 0.3) is 15.9 Å². The summed E-state index contributed by atoms with van der Waals surface area (Å²) >= 11 is 0. The molecule has 0 saturated heterocycles. The fraction of sp³-hybridized carbons (Fsp3) is 0. The molecule has 0 aliphatic heterocycles. The molecule has 0 heterocycles. The van der Waals surface area contributed by atoms with E-state index in [1.807, 2.05) is 0 Å². The average Bonchev–Trinajstić information content (AvgIpc) is 2.18. The first-order valence-corrected chi connectivity index (χ1v) is 5.11. The van der Waals surface area contributed by atoms with E-state index in [2.05, 4.69) is 18.7 Å². The molecule has 0 aliphatic rings. The van der Waals surface area contributed by atoms with Crippen molar-refractivity contribution in [2.24, 2.45) is 0 Å². The largest absolute Gasteiger partial charge is 0.269 e. The van der Waals surface area contributed by atoms with Crippen molar-refractivity contribution in [3.05, 3.63) is 43.0 Å². The standard InChI is InChI=1S/C9H7NO3S/c1-2-9(11)10-14(12,13)8-6-4-3-5-7-8/h2,4,6-7H,1H2,(H,10,11). The summed E-state index contributed by atoms with van der Waals surface area (Å²) in [7, 11) is -3.79. The van der Waals surface area contributed by atoms with Crippen LogP contribution in [-0.2, 0) is 14.8 Å². The van der Waals surface area contributed by atoms with E-state index in [0.29, 0.717) is 0 Å². The van der Waals surface area contributed by atoms with Crippen LogP contribution in [0.3, 0.4) is 0 Å². The Kier molecular flexibility index (Phi) is 2.89. The minimum Gasteiger partial charge on any atom is -0.269 e. The Morgan fingerprint density at radius 2 is 2.21 bits per heavy atom. The highest BCUT2D eigenvalue weighted by Crippen LogP contribution is 2.04. The number of nitrogens with one attached hydrogen (secondary N) is 1. The SMILES string of the molecule is C=CC(=O)NS(=O)(=O)c1cc#ccc1. The Morgan fingerprint density at radius 1 is 1.50 bits per heavy atom. The molecular weight excluding hydrogens is 202 g/mol. The number of hydrogen-bond acceptors (Lipinski definition) is 3. The topological polar surface area (TPSA) is 63.2 Å². The molecule has 0 fully saturated rings. The molecule has 0 aromatic heterocycles. The van der Waals surface area contributed by atoms with Gasteiger partial charge in [0.05, 0.1) is 4.90 Å². The van der Waals surface area contributed by atoms with Gasteiger partial charge in [0, 0.05) is 6.07 Å². The molecule has 0 spiro atoms. The fourth-order valence-electron chi connectivity index (χ4n) is 0.733. The third-order valence-electron chi connectivity index (χ3n) is 1.36. The molecule has 1 rings (SSSR count). The van der Waals surface area contributed by atoms with Gasteiger partial charge in [-0.1, -0.05) is 18.7 Å². The summed E-state index contributed by atoms with van der Waals surface area (Å²) in [5, 5.41) is 0. The van der Waals surface area contributed by atoms with Gasteiger partial charge in [0.2, 0.25) is 0 Å². The van der Waals surface area contributed by atoms with Gasteiger partial charge in [-0.25, -0.2) is 13.1 Å².